The van der Waals surface area contributed by atoms with Gasteiger partial charge in [0.2, 0.25) is 5.91 Å². The first-order valence-corrected chi connectivity index (χ1v) is 11.0. The monoisotopic (exact) mass is 452 g/mol. The molecule has 2 aromatic rings. The Hall–Kier alpha value is -3.39. The van der Waals surface area contributed by atoms with Crippen molar-refractivity contribution in [2.24, 2.45) is 5.92 Å². The molecule has 3 amide bonds. The van der Waals surface area contributed by atoms with Crippen LogP contribution in [0.4, 0.5) is 4.79 Å². The van der Waals surface area contributed by atoms with Crippen molar-refractivity contribution in [3.05, 3.63) is 65.7 Å². The fraction of sp³-hybridized carbons (Fsp3) is 0.400. The van der Waals surface area contributed by atoms with Crippen molar-refractivity contribution in [2.45, 2.75) is 38.6 Å². The van der Waals surface area contributed by atoms with Crippen LogP contribution in [-0.2, 0) is 32.3 Å². The summed E-state index contributed by atoms with van der Waals surface area (Å²) in [5.74, 6) is -0.395. The molecule has 2 heterocycles. The second kappa shape index (κ2) is 10.0. The fourth-order valence-electron chi connectivity index (χ4n) is 4.58. The molecule has 8 heteroatoms. The lowest BCUT2D eigenvalue weighted by Gasteiger charge is -2.25. The van der Waals surface area contributed by atoms with E-state index in [1.807, 2.05) is 54.6 Å². The Labute approximate surface area is 193 Å². The summed E-state index contributed by atoms with van der Waals surface area (Å²) in [5.41, 5.74) is 1.79. The Morgan fingerprint density at radius 2 is 1.70 bits per heavy atom. The topological polar surface area (TPSA) is 85.4 Å². The lowest BCUT2D eigenvalue weighted by atomic mass is 10.0. The van der Waals surface area contributed by atoms with Gasteiger partial charge >= 0.3 is 6.09 Å². The van der Waals surface area contributed by atoms with E-state index >= 15 is 0 Å². The molecule has 2 aliphatic heterocycles. The largest absolute Gasteiger partial charge is 0.497 e. The molecule has 2 aromatic carbocycles. The first kappa shape index (κ1) is 22.8. The van der Waals surface area contributed by atoms with Crippen LogP contribution < -0.4 is 4.74 Å². The molecule has 0 bridgehead atoms. The second-order valence-electron chi connectivity index (χ2n) is 8.31. The summed E-state index contributed by atoms with van der Waals surface area (Å²) in [5, 5.41) is 0. The molecule has 2 fully saturated rings. The number of benzene rings is 2. The number of rotatable bonds is 7. The molecule has 2 aliphatic rings. The molecule has 33 heavy (non-hydrogen) atoms. The number of carbonyl (C=O) groups excluding carboxylic acids is 3. The summed E-state index contributed by atoms with van der Waals surface area (Å²) in [6.07, 6.45) is 0.0712. The summed E-state index contributed by atoms with van der Waals surface area (Å²) in [6.45, 7) is 2.41. The maximum absolute atomic E-state index is 12.9. The predicted octanol–water partition coefficient (Wildman–Crippen LogP) is 3.00. The van der Waals surface area contributed by atoms with Gasteiger partial charge in [0.25, 0.3) is 5.91 Å². The van der Waals surface area contributed by atoms with E-state index in [1.54, 1.807) is 18.9 Å². The molecule has 3 atom stereocenters. The van der Waals surface area contributed by atoms with Crippen molar-refractivity contribution in [1.82, 2.24) is 9.80 Å². The average Bonchev–Trinajstić information content (AvgIpc) is 3.37. The number of likely N-dealkylation sites (tertiary alicyclic amines) is 2. The molecule has 0 spiro atoms. The van der Waals surface area contributed by atoms with Crippen LogP contribution in [0.1, 0.15) is 24.5 Å². The van der Waals surface area contributed by atoms with E-state index < -0.39 is 12.0 Å². The molecule has 0 unspecified atom stereocenters. The van der Waals surface area contributed by atoms with Gasteiger partial charge in [-0.1, -0.05) is 49.4 Å². The third-order valence-corrected chi connectivity index (χ3v) is 6.25. The van der Waals surface area contributed by atoms with Crippen LogP contribution >= 0.6 is 0 Å². The average molecular weight is 453 g/mol. The van der Waals surface area contributed by atoms with Crippen LogP contribution in [0.3, 0.4) is 0 Å². The molecule has 2 saturated heterocycles. The molecule has 174 valence electrons. The zero-order chi connectivity index (χ0) is 23.4. The summed E-state index contributed by atoms with van der Waals surface area (Å²) in [6, 6.07) is 16.1. The third kappa shape index (κ3) is 4.85. The van der Waals surface area contributed by atoms with Crippen LogP contribution in [0, 0.1) is 5.92 Å². The van der Waals surface area contributed by atoms with Gasteiger partial charge in [0.1, 0.15) is 19.0 Å². The van der Waals surface area contributed by atoms with E-state index in [4.69, 9.17) is 14.2 Å². The summed E-state index contributed by atoms with van der Waals surface area (Å²) in [4.78, 5) is 41.3. The van der Waals surface area contributed by atoms with Gasteiger partial charge in [-0.2, -0.15) is 0 Å². The van der Waals surface area contributed by atoms with Crippen LogP contribution in [-0.4, -0.2) is 60.1 Å². The van der Waals surface area contributed by atoms with Crippen LogP contribution in [0.5, 0.6) is 5.75 Å². The van der Waals surface area contributed by atoms with Crippen molar-refractivity contribution in [3.63, 3.8) is 0 Å². The zero-order valence-electron chi connectivity index (χ0n) is 18.8. The first-order chi connectivity index (χ1) is 16.0. The molecule has 4 rings (SSSR count). The maximum Gasteiger partial charge on any atom is 0.410 e. The predicted molar refractivity (Wildman–Crippen MR) is 119 cm³/mol. The lowest BCUT2D eigenvalue weighted by molar-refractivity contribution is -0.148. The van der Waals surface area contributed by atoms with E-state index in [2.05, 4.69) is 0 Å². The number of amides is 3. The van der Waals surface area contributed by atoms with Gasteiger partial charge < -0.3 is 19.1 Å². The smallest absolute Gasteiger partial charge is 0.410 e. The van der Waals surface area contributed by atoms with E-state index in [-0.39, 0.29) is 43.7 Å². The highest BCUT2D eigenvalue weighted by Crippen LogP contribution is 2.37. The Morgan fingerprint density at radius 3 is 2.39 bits per heavy atom. The first-order valence-electron chi connectivity index (χ1n) is 11.0. The molecule has 0 radical (unpaired) electrons. The van der Waals surface area contributed by atoms with Crippen molar-refractivity contribution >= 4 is 17.9 Å². The SMILES string of the molecule is COc1ccc(COCC(=O)N2C(=O)[C@@H](C)[C@@H]3[C@@H]2CCN3C(=O)OCc2ccccc2)cc1. The Morgan fingerprint density at radius 1 is 1.00 bits per heavy atom. The highest BCUT2D eigenvalue weighted by molar-refractivity contribution is 6.00. The Kier molecular flexibility index (Phi) is 6.93. The highest BCUT2D eigenvalue weighted by Gasteiger charge is 2.55. The van der Waals surface area contributed by atoms with Crippen molar-refractivity contribution < 1.29 is 28.6 Å². The Balaban J connectivity index is 1.33. The Bertz CT molecular complexity index is 994. The minimum absolute atomic E-state index is 0.164. The van der Waals surface area contributed by atoms with Gasteiger partial charge in [-0.25, -0.2) is 4.79 Å². The number of ether oxygens (including phenoxy) is 3. The number of hydrogen-bond acceptors (Lipinski definition) is 6. The van der Waals surface area contributed by atoms with E-state index in [1.165, 1.54) is 4.90 Å². The van der Waals surface area contributed by atoms with Crippen LogP contribution in [0.15, 0.2) is 54.6 Å². The van der Waals surface area contributed by atoms with Gasteiger partial charge in [0, 0.05) is 6.54 Å². The molecule has 8 nitrogen and oxygen atoms in total. The normalized spacial score (nSPS) is 21.8. The van der Waals surface area contributed by atoms with E-state index in [9.17, 15) is 14.4 Å². The van der Waals surface area contributed by atoms with Crippen LogP contribution in [0.25, 0.3) is 0 Å². The number of methoxy groups -OCH3 is 1. The number of imide groups is 1. The quantitative estimate of drug-likeness (QED) is 0.642. The lowest BCUT2D eigenvalue weighted by Crippen LogP contribution is -2.44. The number of carbonyl (C=O) groups is 3. The standard InChI is InChI=1S/C25H28N2O6/c1-17-23-21(12-13-26(23)25(30)33-15-18-6-4-3-5-7-18)27(24(17)29)22(28)16-32-14-19-8-10-20(31-2)11-9-19/h3-11,17,21,23H,12-16H2,1-2H3/t17-,21-,23+/m0/s1. The highest BCUT2D eigenvalue weighted by atomic mass is 16.6. The molecular weight excluding hydrogens is 424 g/mol. The van der Waals surface area contributed by atoms with Gasteiger partial charge in [-0.3, -0.25) is 14.5 Å². The third-order valence-electron chi connectivity index (χ3n) is 6.25. The molecule has 0 aliphatic carbocycles. The van der Waals surface area contributed by atoms with Gasteiger partial charge in [0.15, 0.2) is 0 Å². The molecule has 0 N–H and O–H groups in total. The van der Waals surface area contributed by atoms with E-state index in [0.717, 1.165) is 16.9 Å². The molecule has 0 saturated carbocycles. The number of fused-ring (bicyclic) bond motifs is 1. The van der Waals surface area contributed by atoms with Gasteiger partial charge in [-0.15, -0.1) is 0 Å². The van der Waals surface area contributed by atoms with Crippen molar-refractivity contribution in [2.75, 3.05) is 20.3 Å². The minimum atomic E-state index is -0.479. The van der Waals surface area contributed by atoms with Gasteiger partial charge in [0.05, 0.1) is 31.7 Å². The maximum atomic E-state index is 12.9. The number of nitrogens with zero attached hydrogens (tertiary/aromatic N) is 2. The fourth-order valence-corrected chi connectivity index (χ4v) is 4.58. The second-order valence-corrected chi connectivity index (χ2v) is 8.31. The zero-order valence-corrected chi connectivity index (χ0v) is 18.8. The summed E-state index contributed by atoms with van der Waals surface area (Å²) in [7, 11) is 1.60. The summed E-state index contributed by atoms with van der Waals surface area (Å²) >= 11 is 0. The van der Waals surface area contributed by atoms with E-state index in [0.29, 0.717) is 13.0 Å². The van der Waals surface area contributed by atoms with Crippen LogP contribution in [0.2, 0.25) is 0 Å². The minimum Gasteiger partial charge on any atom is -0.497 e. The van der Waals surface area contributed by atoms with Crippen molar-refractivity contribution in [1.29, 1.82) is 0 Å². The molecule has 0 aromatic heterocycles. The molecular formula is C25H28N2O6. The van der Waals surface area contributed by atoms with Gasteiger partial charge in [-0.05, 0) is 29.7 Å². The summed E-state index contributed by atoms with van der Waals surface area (Å²) < 4.78 is 16.2. The number of hydrogen-bond donors (Lipinski definition) is 0. The van der Waals surface area contributed by atoms with Crippen molar-refractivity contribution in [3.8, 4) is 5.75 Å².